The van der Waals surface area contributed by atoms with Crippen LogP contribution < -0.4 is 0 Å². The largest absolute Gasteiger partial charge is 0.301 e. The normalized spacial score (nSPS) is 13.4. The van der Waals surface area contributed by atoms with Crippen molar-refractivity contribution in [1.82, 2.24) is 3.97 Å². The van der Waals surface area contributed by atoms with Crippen LogP contribution in [0.15, 0.2) is 64.5 Å². The molecule has 0 bridgehead atoms. The number of hydrogen-bond acceptors (Lipinski definition) is 3. The first-order valence-corrected chi connectivity index (χ1v) is 9.06. The van der Waals surface area contributed by atoms with Gasteiger partial charge in [0.15, 0.2) is 0 Å². The summed E-state index contributed by atoms with van der Waals surface area (Å²) in [5, 5.41) is 0.669. The van der Waals surface area contributed by atoms with E-state index in [0.29, 0.717) is 15.9 Å². The molecule has 3 rings (SSSR count). The number of hydrogen-bond donors (Lipinski definition) is 1. The summed E-state index contributed by atoms with van der Waals surface area (Å²) < 4.78 is 47.5. The van der Waals surface area contributed by atoms with Crippen molar-refractivity contribution in [2.24, 2.45) is 0 Å². The highest BCUT2D eigenvalue weighted by atomic mass is 35.5. The van der Waals surface area contributed by atoms with E-state index in [-0.39, 0.29) is 9.92 Å². The lowest BCUT2D eigenvalue weighted by Gasteiger charge is -2.10. The topological polar surface area (TPSA) is 76.4 Å². The average Bonchev–Trinajstić information content (AvgIpc) is 2.87. The maximum atomic E-state index is 12.8. The van der Waals surface area contributed by atoms with Crippen molar-refractivity contribution in [2.45, 2.75) is 9.92 Å². The first-order valence-electron chi connectivity index (χ1n) is 6.14. The molecule has 8 heteroatoms. The van der Waals surface area contributed by atoms with Crippen LogP contribution in [0.1, 0.15) is 0 Å². The molecule has 0 aliphatic heterocycles. The summed E-state index contributed by atoms with van der Waals surface area (Å²) in [5.41, 5.74) is 0.297. The summed E-state index contributed by atoms with van der Waals surface area (Å²) in [6, 6.07) is 13.7. The molecule has 22 heavy (non-hydrogen) atoms. The first-order chi connectivity index (χ1) is 10.4. The Morgan fingerprint density at radius 1 is 1.05 bits per heavy atom. The van der Waals surface area contributed by atoms with Gasteiger partial charge in [0.25, 0.3) is 10.0 Å². The van der Waals surface area contributed by atoms with E-state index in [1.54, 1.807) is 24.3 Å². The third-order valence-electron chi connectivity index (χ3n) is 3.15. The summed E-state index contributed by atoms with van der Waals surface area (Å²) in [6.07, 6.45) is 0. The van der Waals surface area contributed by atoms with Crippen LogP contribution in [0, 0.1) is 0 Å². The average molecular weight is 356 g/mol. The van der Waals surface area contributed by atoms with Gasteiger partial charge in [-0.15, -0.1) is 0 Å². The predicted octanol–water partition coefficient (Wildman–Crippen LogP) is 3.11. The van der Waals surface area contributed by atoms with Gasteiger partial charge < -0.3 is 4.55 Å². The number of benzene rings is 2. The molecule has 0 aliphatic rings. The summed E-state index contributed by atoms with van der Waals surface area (Å²) in [7, 11) is -3.99. The van der Waals surface area contributed by atoms with Gasteiger partial charge in [0, 0.05) is 10.4 Å². The monoisotopic (exact) mass is 355 g/mol. The second kappa shape index (κ2) is 5.51. The second-order valence-electron chi connectivity index (χ2n) is 4.52. The fourth-order valence-electron chi connectivity index (χ4n) is 2.20. The van der Waals surface area contributed by atoms with Gasteiger partial charge >= 0.3 is 0 Å². The summed E-state index contributed by atoms with van der Waals surface area (Å²) in [4.78, 5) is 0.0363. The number of nitrogens with zero attached hydrogens (tertiary/aromatic N) is 1. The first kappa shape index (κ1) is 15.2. The fraction of sp³-hybridized carbons (Fsp3) is 0. The zero-order valence-electron chi connectivity index (χ0n) is 11.0. The van der Waals surface area contributed by atoms with Gasteiger partial charge in [0.05, 0.1) is 10.4 Å². The van der Waals surface area contributed by atoms with Gasteiger partial charge in [-0.05, 0) is 36.4 Å². The molecule has 1 heterocycles. The fourth-order valence-corrected chi connectivity index (χ4v) is 4.76. The van der Waals surface area contributed by atoms with Crippen LogP contribution in [0.3, 0.4) is 0 Å². The van der Waals surface area contributed by atoms with E-state index in [4.69, 9.17) is 11.6 Å². The molecule has 2 aromatic carbocycles. The quantitative estimate of drug-likeness (QED) is 0.732. The molecule has 0 aliphatic carbocycles. The molecule has 0 spiro atoms. The Bertz CT molecular complexity index is 981. The standard InChI is InChI=1S/C14H10ClNO4S2/c15-11-6-7-13-10(8-11)9-14(21(17)18)16(13)22(19,20)12-4-2-1-3-5-12/h1-9H,(H,17,18). The lowest BCUT2D eigenvalue weighted by Crippen LogP contribution is -2.16. The summed E-state index contributed by atoms with van der Waals surface area (Å²) in [5.74, 6) is 0. The minimum absolute atomic E-state index is 0.0363. The minimum atomic E-state index is -3.99. The maximum absolute atomic E-state index is 12.8. The molecular formula is C14H10ClNO4S2. The summed E-state index contributed by atoms with van der Waals surface area (Å²) in [6.45, 7) is 0. The van der Waals surface area contributed by atoms with Crippen molar-refractivity contribution in [3.05, 3.63) is 59.6 Å². The Kier molecular flexibility index (Phi) is 3.82. The molecule has 0 saturated carbocycles. The predicted molar refractivity (Wildman–Crippen MR) is 85.0 cm³/mol. The second-order valence-corrected chi connectivity index (χ2v) is 7.66. The van der Waals surface area contributed by atoms with E-state index in [9.17, 15) is 17.2 Å². The van der Waals surface area contributed by atoms with E-state index in [2.05, 4.69) is 0 Å². The van der Waals surface area contributed by atoms with Crippen molar-refractivity contribution >= 4 is 43.6 Å². The van der Waals surface area contributed by atoms with E-state index in [1.807, 2.05) is 0 Å². The Labute approximate surface area is 134 Å². The molecule has 0 fully saturated rings. The van der Waals surface area contributed by atoms with Crippen LogP contribution in [0.5, 0.6) is 0 Å². The molecule has 114 valence electrons. The molecule has 1 aromatic heterocycles. The molecule has 5 nitrogen and oxygen atoms in total. The van der Waals surface area contributed by atoms with Gasteiger partial charge in [-0.3, -0.25) is 0 Å². The molecular weight excluding hydrogens is 346 g/mol. The lowest BCUT2D eigenvalue weighted by molar-refractivity contribution is 0.553. The Hall–Kier alpha value is -1.67. The number of aromatic nitrogens is 1. The van der Waals surface area contributed by atoms with Crippen LogP contribution in [0.2, 0.25) is 5.02 Å². The molecule has 3 aromatic rings. The SMILES string of the molecule is O=S(O)c1cc2cc(Cl)ccc2n1S(=O)(=O)c1ccccc1. The van der Waals surface area contributed by atoms with Gasteiger partial charge in [-0.1, -0.05) is 29.8 Å². The third-order valence-corrected chi connectivity index (χ3v) is 5.90. The third kappa shape index (κ3) is 2.46. The molecule has 1 atom stereocenters. The smallest absolute Gasteiger partial charge is 0.269 e. The highest BCUT2D eigenvalue weighted by molar-refractivity contribution is 7.90. The number of halogens is 1. The van der Waals surface area contributed by atoms with Crippen molar-refractivity contribution in [2.75, 3.05) is 0 Å². The Balaban J connectivity index is 2.39. The van der Waals surface area contributed by atoms with Crippen molar-refractivity contribution < 1.29 is 17.2 Å². The lowest BCUT2D eigenvalue weighted by atomic mass is 10.2. The molecule has 1 unspecified atom stereocenters. The zero-order chi connectivity index (χ0) is 15.9. The van der Waals surface area contributed by atoms with E-state index >= 15 is 0 Å². The van der Waals surface area contributed by atoms with Crippen LogP contribution in [0.4, 0.5) is 0 Å². The highest BCUT2D eigenvalue weighted by Crippen LogP contribution is 2.29. The van der Waals surface area contributed by atoms with Gasteiger partial charge in [-0.25, -0.2) is 16.6 Å². The number of fused-ring (bicyclic) bond motifs is 1. The van der Waals surface area contributed by atoms with E-state index in [0.717, 1.165) is 3.97 Å². The zero-order valence-corrected chi connectivity index (χ0v) is 13.4. The Morgan fingerprint density at radius 3 is 2.36 bits per heavy atom. The van der Waals surface area contributed by atoms with Crippen molar-refractivity contribution in [1.29, 1.82) is 0 Å². The van der Waals surface area contributed by atoms with Crippen LogP contribution >= 0.6 is 11.6 Å². The number of rotatable bonds is 3. The van der Waals surface area contributed by atoms with Gasteiger partial charge in [0.1, 0.15) is 5.03 Å². The molecule has 1 N–H and O–H groups in total. The molecule has 0 radical (unpaired) electrons. The maximum Gasteiger partial charge on any atom is 0.269 e. The van der Waals surface area contributed by atoms with Crippen LogP contribution in [0.25, 0.3) is 10.9 Å². The highest BCUT2D eigenvalue weighted by Gasteiger charge is 2.25. The van der Waals surface area contributed by atoms with Gasteiger partial charge in [0.2, 0.25) is 11.1 Å². The molecule has 0 saturated heterocycles. The molecule has 0 amide bonds. The van der Waals surface area contributed by atoms with Crippen LogP contribution in [-0.4, -0.2) is 21.2 Å². The Morgan fingerprint density at radius 2 is 1.73 bits per heavy atom. The minimum Gasteiger partial charge on any atom is -0.301 e. The summed E-state index contributed by atoms with van der Waals surface area (Å²) >= 11 is 3.43. The van der Waals surface area contributed by atoms with Crippen molar-refractivity contribution in [3.8, 4) is 0 Å². The van der Waals surface area contributed by atoms with E-state index in [1.165, 1.54) is 30.3 Å². The van der Waals surface area contributed by atoms with Crippen molar-refractivity contribution in [3.63, 3.8) is 0 Å². The van der Waals surface area contributed by atoms with E-state index < -0.39 is 21.1 Å². The van der Waals surface area contributed by atoms with Gasteiger partial charge in [-0.2, -0.15) is 0 Å². The van der Waals surface area contributed by atoms with Crippen LogP contribution in [-0.2, 0) is 21.1 Å².